The lowest BCUT2D eigenvalue weighted by Crippen LogP contribution is -2.42. The van der Waals surface area contributed by atoms with E-state index in [1.807, 2.05) is 6.07 Å². The largest absolute Gasteiger partial charge is 0.376 e. The Morgan fingerprint density at radius 2 is 2.00 bits per heavy atom. The molecule has 5 nitrogen and oxygen atoms in total. The van der Waals surface area contributed by atoms with E-state index in [4.69, 9.17) is 9.72 Å². The molecule has 30 heavy (non-hydrogen) atoms. The Morgan fingerprint density at radius 3 is 2.77 bits per heavy atom. The molecule has 2 fully saturated rings. The number of rotatable bonds is 5. The number of amides is 1. The average molecular weight is 422 g/mol. The number of pyridine rings is 1. The molecular formula is C24H27N3O2S. The second-order valence-electron chi connectivity index (χ2n) is 8.17. The summed E-state index contributed by atoms with van der Waals surface area (Å²) in [4.78, 5) is 19.9. The summed E-state index contributed by atoms with van der Waals surface area (Å²) in [6.07, 6.45) is 4.13. The number of hydrogen-bond acceptors (Lipinski definition) is 5. The molecule has 0 spiro atoms. The fourth-order valence-electron chi connectivity index (χ4n) is 4.48. The van der Waals surface area contributed by atoms with E-state index in [0.717, 1.165) is 62.2 Å². The van der Waals surface area contributed by atoms with Crippen molar-refractivity contribution in [2.45, 2.75) is 31.8 Å². The number of aromatic nitrogens is 1. The van der Waals surface area contributed by atoms with Crippen molar-refractivity contribution in [3.05, 3.63) is 47.8 Å². The maximum atomic E-state index is 12.6. The van der Waals surface area contributed by atoms with Crippen LogP contribution in [0.25, 0.3) is 21.5 Å². The summed E-state index contributed by atoms with van der Waals surface area (Å²) >= 11 is 1.74. The third-order valence-electron chi connectivity index (χ3n) is 6.20. The first kappa shape index (κ1) is 19.5. The van der Waals surface area contributed by atoms with Crippen molar-refractivity contribution in [1.82, 2.24) is 10.3 Å². The molecule has 1 aromatic carbocycles. The zero-order valence-electron chi connectivity index (χ0n) is 17.0. The number of nitrogens with one attached hydrogen (secondary N) is 1. The van der Waals surface area contributed by atoms with E-state index in [0.29, 0.717) is 6.54 Å². The van der Waals surface area contributed by atoms with Crippen LogP contribution < -0.4 is 10.2 Å². The van der Waals surface area contributed by atoms with E-state index in [1.54, 1.807) is 11.3 Å². The van der Waals surface area contributed by atoms with Crippen molar-refractivity contribution < 1.29 is 9.53 Å². The average Bonchev–Trinajstić information content (AvgIpc) is 3.49. The molecule has 1 unspecified atom stereocenters. The van der Waals surface area contributed by atoms with Gasteiger partial charge in [0.05, 0.1) is 27.7 Å². The van der Waals surface area contributed by atoms with E-state index >= 15 is 0 Å². The monoisotopic (exact) mass is 421 g/mol. The minimum Gasteiger partial charge on any atom is -0.376 e. The van der Waals surface area contributed by atoms with Crippen molar-refractivity contribution in [2.24, 2.45) is 5.92 Å². The summed E-state index contributed by atoms with van der Waals surface area (Å²) in [6.45, 7) is 3.26. The van der Waals surface area contributed by atoms with E-state index in [1.165, 1.54) is 10.4 Å². The number of thiophene rings is 1. The van der Waals surface area contributed by atoms with E-state index in [2.05, 4.69) is 52.0 Å². The molecule has 1 N–H and O–H groups in total. The summed E-state index contributed by atoms with van der Waals surface area (Å²) in [7, 11) is 0. The second-order valence-corrected chi connectivity index (χ2v) is 9.09. The fraction of sp³-hybridized carbons (Fsp3) is 0.417. The molecule has 5 rings (SSSR count). The molecule has 2 aromatic heterocycles. The van der Waals surface area contributed by atoms with Crippen LogP contribution in [0.2, 0.25) is 0 Å². The second kappa shape index (κ2) is 8.74. The number of anilines is 1. The van der Waals surface area contributed by atoms with E-state index in [-0.39, 0.29) is 17.9 Å². The Balaban J connectivity index is 1.28. The lowest BCUT2D eigenvalue weighted by atomic mass is 9.95. The highest BCUT2D eigenvalue weighted by atomic mass is 32.1. The van der Waals surface area contributed by atoms with Gasteiger partial charge in [-0.3, -0.25) is 4.79 Å². The molecular weight excluding hydrogens is 394 g/mol. The van der Waals surface area contributed by atoms with Gasteiger partial charge in [-0.15, -0.1) is 11.3 Å². The van der Waals surface area contributed by atoms with Crippen LogP contribution in [0.3, 0.4) is 0 Å². The van der Waals surface area contributed by atoms with Crippen LogP contribution in [0.15, 0.2) is 47.8 Å². The standard InChI is InChI=1S/C24H27N3O2S/c28-24(25-16-19-7-4-13-29-19)18-8-11-27(12-9-18)22-15-21(17-5-2-1-3-6-17)26-20-10-14-30-23(20)22/h1-3,5-6,10,14-15,18-19H,4,7-9,11-13,16H2,(H,25,28). The SMILES string of the molecule is O=C(NCC1CCCO1)C1CCN(c2cc(-c3ccccc3)nc3ccsc23)CC1. The molecule has 1 atom stereocenters. The first-order valence-electron chi connectivity index (χ1n) is 10.9. The maximum absolute atomic E-state index is 12.6. The lowest BCUT2D eigenvalue weighted by molar-refractivity contribution is -0.126. The third kappa shape index (κ3) is 4.07. The van der Waals surface area contributed by atoms with E-state index in [9.17, 15) is 4.79 Å². The van der Waals surface area contributed by atoms with Crippen molar-refractivity contribution in [3.63, 3.8) is 0 Å². The number of nitrogens with zero attached hydrogens (tertiary/aromatic N) is 2. The van der Waals surface area contributed by atoms with Gasteiger partial charge in [0.2, 0.25) is 5.91 Å². The Kier molecular flexibility index (Phi) is 5.69. The van der Waals surface area contributed by atoms with Crippen LogP contribution in [0.5, 0.6) is 0 Å². The summed E-state index contributed by atoms with van der Waals surface area (Å²) in [5, 5.41) is 5.23. The summed E-state index contributed by atoms with van der Waals surface area (Å²) in [6, 6.07) is 14.7. The van der Waals surface area contributed by atoms with Gasteiger partial charge >= 0.3 is 0 Å². The van der Waals surface area contributed by atoms with Gasteiger partial charge in [-0.2, -0.15) is 0 Å². The number of ether oxygens (including phenoxy) is 1. The number of hydrogen-bond donors (Lipinski definition) is 1. The van der Waals surface area contributed by atoms with Crippen LogP contribution in [0, 0.1) is 5.92 Å². The number of benzene rings is 1. The fourth-order valence-corrected chi connectivity index (χ4v) is 5.35. The normalized spacial score (nSPS) is 20.0. The van der Waals surface area contributed by atoms with Crippen molar-refractivity contribution >= 4 is 33.1 Å². The Hall–Kier alpha value is -2.44. The molecule has 156 valence electrons. The van der Waals surface area contributed by atoms with Gasteiger partial charge in [0, 0.05) is 37.7 Å². The molecule has 1 amide bonds. The van der Waals surface area contributed by atoms with Crippen molar-refractivity contribution in [1.29, 1.82) is 0 Å². The molecule has 0 saturated carbocycles. The van der Waals surface area contributed by atoms with Crippen LogP contribution in [0.4, 0.5) is 5.69 Å². The quantitative estimate of drug-likeness (QED) is 0.660. The van der Waals surface area contributed by atoms with Crippen LogP contribution in [0.1, 0.15) is 25.7 Å². The lowest BCUT2D eigenvalue weighted by Gasteiger charge is -2.33. The molecule has 2 aliphatic rings. The molecule has 0 aliphatic carbocycles. The summed E-state index contributed by atoms with van der Waals surface area (Å²) in [5.74, 6) is 0.281. The topological polar surface area (TPSA) is 54.5 Å². The van der Waals surface area contributed by atoms with Gasteiger partial charge < -0.3 is 15.0 Å². The van der Waals surface area contributed by atoms with Crippen LogP contribution in [-0.2, 0) is 9.53 Å². The van der Waals surface area contributed by atoms with Gasteiger partial charge in [0.1, 0.15) is 0 Å². The molecule has 4 heterocycles. The summed E-state index contributed by atoms with van der Waals surface area (Å²) in [5.41, 5.74) is 4.43. The van der Waals surface area contributed by atoms with E-state index < -0.39 is 0 Å². The van der Waals surface area contributed by atoms with Crippen molar-refractivity contribution in [2.75, 3.05) is 31.1 Å². The molecule has 2 saturated heterocycles. The number of carbonyl (C=O) groups excluding carboxylic acids is 1. The first-order chi connectivity index (χ1) is 14.8. The van der Waals surface area contributed by atoms with Gasteiger partial charge in [-0.05, 0) is 43.2 Å². The highest BCUT2D eigenvalue weighted by Gasteiger charge is 2.27. The molecule has 0 bridgehead atoms. The maximum Gasteiger partial charge on any atom is 0.223 e. The zero-order valence-corrected chi connectivity index (χ0v) is 17.9. The Labute approximate surface area is 181 Å². The minimum absolute atomic E-state index is 0.0944. The van der Waals surface area contributed by atoms with Gasteiger partial charge in [-0.1, -0.05) is 30.3 Å². The summed E-state index contributed by atoms with van der Waals surface area (Å²) < 4.78 is 6.85. The predicted molar refractivity (Wildman–Crippen MR) is 122 cm³/mol. The Morgan fingerprint density at radius 1 is 1.17 bits per heavy atom. The number of fused-ring (bicyclic) bond motifs is 1. The predicted octanol–water partition coefficient (Wildman–Crippen LogP) is 4.47. The Bertz CT molecular complexity index is 1010. The molecule has 0 radical (unpaired) electrons. The molecule has 2 aliphatic heterocycles. The number of piperidine rings is 1. The highest BCUT2D eigenvalue weighted by Crippen LogP contribution is 2.36. The van der Waals surface area contributed by atoms with Gasteiger partial charge in [-0.25, -0.2) is 4.98 Å². The zero-order chi connectivity index (χ0) is 20.3. The van der Waals surface area contributed by atoms with Gasteiger partial charge in [0.15, 0.2) is 0 Å². The third-order valence-corrected chi connectivity index (χ3v) is 7.12. The number of carbonyl (C=O) groups is 1. The minimum atomic E-state index is 0.0944. The van der Waals surface area contributed by atoms with Gasteiger partial charge in [0.25, 0.3) is 0 Å². The molecule has 3 aromatic rings. The highest BCUT2D eigenvalue weighted by molar-refractivity contribution is 7.17. The molecule has 6 heteroatoms. The van der Waals surface area contributed by atoms with Crippen molar-refractivity contribution in [3.8, 4) is 11.3 Å². The van der Waals surface area contributed by atoms with Crippen LogP contribution >= 0.6 is 11.3 Å². The smallest absolute Gasteiger partial charge is 0.223 e. The first-order valence-corrected chi connectivity index (χ1v) is 11.7. The van der Waals surface area contributed by atoms with Crippen LogP contribution in [-0.4, -0.2) is 43.2 Å².